The Kier molecular flexibility index (Phi) is 12.7. The van der Waals surface area contributed by atoms with Gasteiger partial charge in [0, 0.05) is 12.2 Å². The molecule has 0 spiro atoms. The topological polar surface area (TPSA) is 190 Å². The van der Waals surface area contributed by atoms with Crippen molar-refractivity contribution in [1.29, 1.82) is 0 Å². The van der Waals surface area contributed by atoms with E-state index in [2.05, 4.69) is 0 Å². The summed E-state index contributed by atoms with van der Waals surface area (Å²) in [6.07, 6.45) is 0.556. The quantitative estimate of drug-likeness (QED) is 0.395. The Labute approximate surface area is 141 Å². The number of benzene rings is 1. The van der Waals surface area contributed by atoms with Crippen LogP contribution in [0.5, 0.6) is 0 Å². The van der Waals surface area contributed by atoms with E-state index in [1.54, 1.807) is 0 Å². The first kappa shape index (κ1) is 24.0. The van der Waals surface area contributed by atoms with Gasteiger partial charge in [0.15, 0.2) is 0 Å². The van der Waals surface area contributed by atoms with Gasteiger partial charge in [-0.3, -0.25) is 0 Å². The third kappa shape index (κ3) is 14.1. The van der Waals surface area contributed by atoms with E-state index in [0.29, 0.717) is 12.2 Å². The van der Waals surface area contributed by atoms with Crippen LogP contribution in [-0.2, 0) is 9.59 Å². The Balaban J connectivity index is 0. The average Bonchev–Trinajstić information content (AvgIpc) is 2.54. The minimum absolute atomic E-state index is 0.139. The average molecular weight is 358 g/mol. The maximum atomic E-state index is 10.5. The van der Waals surface area contributed by atoms with Gasteiger partial charge in [0.25, 0.3) is 0 Å². The summed E-state index contributed by atoms with van der Waals surface area (Å²) in [7, 11) is 0. The lowest BCUT2D eigenvalue weighted by atomic mass is 10.1. The smallest absolute Gasteiger partial charge is 0.336 e. The highest BCUT2D eigenvalue weighted by Gasteiger charge is 2.13. The summed E-state index contributed by atoms with van der Waals surface area (Å²) in [4.78, 5) is 40.0. The SMILES string of the molecule is CC(O)CO.O=C(O)C=CC(=O)O.O=C(O)c1ccccc1C(=O)O. The molecule has 0 fully saturated rings. The Morgan fingerprint density at radius 3 is 1.32 bits per heavy atom. The predicted octanol–water partition coefficient (Wildman–Crippen LogP) is 0.154. The molecule has 0 radical (unpaired) electrons. The fourth-order valence-electron chi connectivity index (χ4n) is 0.999. The molecule has 6 N–H and O–H groups in total. The van der Waals surface area contributed by atoms with E-state index in [0.717, 1.165) is 0 Å². The Hall–Kier alpha value is -3.24. The van der Waals surface area contributed by atoms with Gasteiger partial charge in [-0.05, 0) is 19.1 Å². The van der Waals surface area contributed by atoms with Crippen LogP contribution in [0, 0.1) is 0 Å². The van der Waals surface area contributed by atoms with Crippen LogP contribution in [0.15, 0.2) is 36.4 Å². The van der Waals surface area contributed by atoms with Crippen molar-refractivity contribution in [2.75, 3.05) is 6.61 Å². The molecule has 10 nitrogen and oxygen atoms in total. The van der Waals surface area contributed by atoms with Crippen molar-refractivity contribution in [3.05, 3.63) is 47.5 Å². The summed E-state index contributed by atoms with van der Waals surface area (Å²) in [6.45, 7) is 1.39. The molecule has 0 heterocycles. The number of aliphatic hydroxyl groups is 2. The zero-order valence-corrected chi connectivity index (χ0v) is 13.1. The first-order valence-electron chi connectivity index (χ1n) is 6.51. The van der Waals surface area contributed by atoms with E-state index < -0.39 is 30.0 Å². The molecule has 0 aliphatic rings. The maximum absolute atomic E-state index is 10.5. The summed E-state index contributed by atoms with van der Waals surface area (Å²) in [5, 5.41) is 48.7. The standard InChI is InChI=1S/C8H6O4.C4H4O4.C3H8O2/c9-7(10)5-3-1-2-4-6(5)8(11)12;5-3(6)1-2-4(7)8;1-3(5)2-4/h1-4H,(H,9,10)(H,11,12);1-2H,(H,5,6)(H,7,8);3-5H,2H2,1H3. The highest BCUT2D eigenvalue weighted by molar-refractivity contribution is 6.01. The van der Waals surface area contributed by atoms with Crippen LogP contribution < -0.4 is 0 Å². The summed E-state index contributed by atoms with van der Waals surface area (Å²) < 4.78 is 0. The second kappa shape index (κ2) is 13.2. The van der Waals surface area contributed by atoms with E-state index >= 15 is 0 Å². The van der Waals surface area contributed by atoms with Gasteiger partial charge in [-0.15, -0.1) is 0 Å². The largest absolute Gasteiger partial charge is 0.478 e. The number of aliphatic hydroxyl groups excluding tert-OH is 2. The Morgan fingerprint density at radius 2 is 1.16 bits per heavy atom. The van der Waals surface area contributed by atoms with E-state index in [-0.39, 0.29) is 17.7 Å². The van der Waals surface area contributed by atoms with Crippen molar-refractivity contribution >= 4 is 23.9 Å². The summed E-state index contributed by atoms with van der Waals surface area (Å²) in [5.74, 6) is -4.97. The fourth-order valence-corrected chi connectivity index (χ4v) is 0.999. The van der Waals surface area contributed by atoms with Gasteiger partial charge in [0.2, 0.25) is 0 Å². The minimum atomic E-state index is -1.26. The van der Waals surface area contributed by atoms with Crippen LogP contribution in [0.2, 0.25) is 0 Å². The number of aliphatic carboxylic acids is 2. The molecule has 0 aliphatic carbocycles. The normalized spacial score (nSPS) is 10.5. The monoisotopic (exact) mass is 358 g/mol. The number of carbonyl (C=O) groups is 4. The van der Waals surface area contributed by atoms with E-state index in [1.807, 2.05) is 0 Å². The van der Waals surface area contributed by atoms with Gasteiger partial charge >= 0.3 is 23.9 Å². The molecule has 0 amide bonds. The number of carboxylic acid groups (broad SMARTS) is 4. The van der Waals surface area contributed by atoms with E-state index in [1.165, 1.54) is 31.2 Å². The molecule has 25 heavy (non-hydrogen) atoms. The Morgan fingerprint density at radius 1 is 0.880 bits per heavy atom. The molecule has 1 aromatic carbocycles. The Bertz CT molecular complexity index is 569. The van der Waals surface area contributed by atoms with Crippen molar-refractivity contribution in [1.82, 2.24) is 0 Å². The molecule has 0 saturated heterocycles. The predicted molar refractivity (Wildman–Crippen MR) is 83.5 cm³/mol. The molecule has 0 bridgehead atoms. The molecular weight excluding hydrogens is 340 g/mol. The second-order valence-corrected chi connectivity index (χ2v) is 4.20. The molecule has 1 rings (SSSR count). The van der Waals surface area contributed by atoms with Crippen molar-refractivity contribution in [3.63, 3.8) is 0 Å². The number of hydrogen-bond acceptors (Lipinski definition) is 6. The molecule has 1 atom stereocenters. The van der Waals surface area contributed by atoms with Crippen LogP contribution in [-0.4, -0.2) is 67.2 Å². The summed E-state index contributed by atoms with van der Waals surface area (Å²) >= 11 is 0. The lowest BCUT2D eigenvalue weighted by Gasteiger charge is -1.98. The third-order valence-corrected chi connectivity index (χ3v) is 2.02. The molecule has 10 heteroatoms. The van der Waals surface area contributed by atoms with Gasteiger partial charge in [-0.25, -0.2) is 19.2 Å². The van der Waals surface area contributed by atoms with Gasteiger partial charge in [-0.1, -0.05) is 12.1 Å². The summed E-state index contributed by atoms with van der Waals surface area (Å²) in [6, 6.07) is 5.48. The molecule has 0 saturated carbocycles. The molecular formula is C15H18O10. The van der Waals surface area contributed by atoms with Crippen molar-refractivity contribution in [2.24, 2.45) is 0 Å². The first-order valence-corrected chi connectivity index (χ1v) is 6.51. The number of hydrogen-bond donors (Lipinski definition) is 6. The molecule has 0 aliphatic heterocycles. The number of rotatable bonds is 5. The molecule has 138 valence electrons. The van der Waals surface area contributed by atoms with Crippen molar-refractivity contribution < 1.29 is 49.8 Å². The molecule has 1 unspecified atom stereocenters. The number of aromatic carboxylic acids is 2. The van der Waals surface area contributed by atoms with Crippen LogP contribution in [0.3, 0.4) is 0 Å². The lowest BCUT2D eigenvalue weighted by Crippen LogP contribution is -2.06. The van der Waals surface area contributed by atoms with Crippen molar-refractivity contribution in [3.8, 4) is 0 Å². The van der Waals surface area contributed by atoms with Gasteiger partial charge in [0.05, 0.1) is 23.8 Å². The first-order chi connectivity index (χ1) is 11.5. The summed E-state index contributed by atoms with van der Waals surface area (Å²) in [5.41, 5.74) is -0.380. The minimum Gasteiger partial charge on any atom is -0.478 e. The molecule has 1 aromatic rings. The van der Waals surface area contributed by atoms with Gasteiger partial charge in [-0.2, -0.15) is 0 Å². The van der Waals surface area contributed by atoms with Gasteiger partial charge < -0.3 is 30.6 Å². The highest BCUT2D eigenvalue weighted by atomic mass is 16.4. The van der Waals surface area contributed by atoms with Gasteiger partial charge in [0.1, 0.15) is 0 Å². The zero-order valence-electron chi connectivity index (χ0n) is 13.1. The number of carboxylic acids is 4. The van der Waals surface area contributed by atoms with Crippen LogP contribution in [0.25, 0.3) is 0 Å². The second-order valence-electron chi connectivity index (χ2n) is 4.20. The van der Waals surface area contributed by atoms with Crippen molar-refractivity contribution in [2.45, 2.75) is 13.0 Å². The molecule has 0 aromatic heterocycles. The van der Waals surface area contributed by atoms with Crippen LogP contribution >= 0.6 is 0 Å². The third-order valence-electron chi connectivity index (χ3n) is 2.02. The highest BCUT2D eigenvalue weighted by Crippen LogP contribution is 2.07. The van der Waals surface area contributed by atoms with E-state index in [9.17, 15) is 19.2 Å². The fraction of sp³-hybridized carbons (Fsp3) is 0.200. The van der Waals surface area contributed by atoms with E-state index in [4.69, 9.17) is 30.6 Å². The van der Waals surface area contributed by atoms with Crippen LogP contribution in [0.4, 0.5) is 0 Å². The lowest BCUT2D eigenvalue weighted by molar-refractivity contribution is -0.134. The van der Waals surface area contributed by atoms with Crippen LogP contribution in [0.1, 0.15) is 27.6 Å². The zero-order chi connectivity index (χ0) is 20.0. The maximum Gasteiger partial charge on any atom is 0.336 e.